The highest BCUT2D eigenvalue weighted by atomic mass is 35.5. The van der Waals surface area contributed by atoms with E-state index in [1.165, 1.54) is 37.7 Å². The lowest BCUT2D eigenvalue weighted by Gasteiger charge is -2.39. The van der Waals surface area contributed by atoms with Crippen molar-refractivity contribution in [1.82, 2.24) is 20.3 Å². The van der Waals surface area contributed by atoms with Gasteiger partial charge in [-0.2, -0.15) is 0 Å². The molecule has 1 spiro atoms. The molecule has 2 saturated heterocycles. The van der Waals surface area contributed by atoms with Crippen LogP contribution < -0.4 is 10.2 Å². The molecular formula is C21H24ClN5. The smallest absolute Gasteiger partial charge is 0.137 e. The number of rotatable bonds is 2. The predicted octanol–water partition coefficient (Wildman–Crippen LogP) is 3.69. The fraction of sp³-hybridized carbons (Fsp3) is 0.381. The van der Waals surface area contributed by atoms with Gasteiger partial charge in [0, 0.05) is 60.8 Å². The Morgan fingerprint density at radius 3 is 2.48 bits per heavy atom. The summed E-state index contributed by atoms with van der Waals surface area (Å²) in [5.41, 5.74) is 2.60. The van der Waals surface area contributed by atoms with Crippen LogP contribution in [0.2, 0.25) is 0 Å². The number of nitrogens with one attached hydrogen (secondary N) is 1. The third-order valence-electron chi connectivity index (χ3n) is 6.04. The van der Waals surface area contributed by atoms with E-state index in [4.69, 9.17) is 4.98 Å². The maximum atomic E-state index is 5.06. The highest BCUT2D eigenvalue weighted by Gasteiger charge is 2.37. The molecule has 2 fully saturated rings. The van der Waals surface area contributed by atoms with Crippen LogP contribution in [0.5, 0.6) is 0 Å². The Morgan fingerprint density at radius 1 is 0.963 bits per heavy atom. The number of pyridine rings is 3. The van der Waals surface area contributed by atoms with E-state index < -0.39 is 0 Å². The van der Waals surface area contributed by atoms with Gasteiger partial charge in [-0.3, -0.25) is 9.97 Å². The summed E-state index contributed by atoms with van der Waals surface area (Å²) in [5, 5.41) is 5.89. The second-order valence-electron chi connectivity index (χ2n) is 7.58. The number of hydrogen-bond donors (Lipinski definition) is 1. The van der Waals surface area contributed by atoms with E-state index in [1.807, 2.05) is 36.9 Å². The predicted molar refractivity (Wildman–Crippen MR) is 111 cm³/mol. The number of nitrogens with zero attached hydrogens (tertiary/aromatic N) is 4. The van der Waals surface area contributed by atoms with Crippen molar-refractivity contribution in [2.75, 3.05) is 31.1 Å². The van der Waals surface area contributed by atoms with Crippen molar-refractivity contribution in [3.05, 3.63) is 49.1 Å². The summed E-state index contributed by atoms with van der Waals surface area (Å²) in [5.74, 6) is 1.09. The number of fused-ring (bicyclic) bond motifs is 1. The molecular weight excluding hydrogens is 358 g/mol. The summed E-state index contributed by atoms with van der Waals surface area (Å²) in [6, 6.07) is 8.26. The Labute approximate surface area is 165 Å². The molecule has 0 saturated carbocycles. The van der Waals surface area contributed by atoms with E-state index in [9.17, 15) is 0 Å². The van der Waals surface area contributed by atoms with Gasteiger partial charge in [0.15, 0.2) is 0 Å². The molecule has 27 heavy (non-hydrogen) atoms. The van der Waals surface area contributed by atoms with E-state index in [1.54, 1.807) is 0 Å². The summed E-state index contributed by atoms with van der Waals surface area (Å²) in [6.45, 7) is 4.50. The van der Waals surface area contributed by atoms with Crippen molar-refractivity contribution in [2.45, 2.75) is 19.3 Å². The third kappa shape index (κ3) is 3.37. The van der Waals surface area contributed by atoms with Crippen molar-refractivity contribution in [2.24, 2.45) is 5.41 Å². The number of aromatic nitrogens is 3. The molecule has 0 aromatic carbocycles. The zero-order chi connectivity index (χ0) is 17.4. The van der Waals surface area contributed by atoms with Gasteiger partial charge in [0.2, 0.25) is 0 Å². The van der Waals surface area contributed by atoms with Gasteiger partial charge in [0.05, 0.1) is 5.69 Å². The lowest BCUT2D eigenvalue weighted by molar-refractivity contribution is 0.247. The zero-order valence-corrected chi connectivity index (χ0v) is 16.1. The average molecular weight is 382 g/mol. The minimum absolute atomic E-state index is 0. The molecule has 2 aliphatic rings. The molecule has 0 atom stereocenters. The first-order valence-corrected chi connectivity index (χ1v) is 9.44. The Kier molecular flexibility index (Phi) is 4.98. The van der Waals surface area contributed by atoms with Crippen LogP contribution in [0, 0.1) is 5.41 Å². The molecule has 3 aromatic rings. The van der Waals surface area contributed by atoms with Crippen molar-refractivity contribution >= 4 is 29.0 Å². The van der Waals surface area contributed by atoms with Crippen LogP contribution in [0.25, 0.3) is 22.0 Å². The molecule has 2 aliphatic heterocycles. The Bertz CT molecular complexity index is 914. The second-order valence-corrected chi connectivity index (χ2v) is 7.58. The number of hydrogen-bond acceptors (Lipinski definition) is 5. The van der Waals surface area contributed by atoms with Gasteiger partial charge >= 0.3 is 0 Å². The van der Waals surface area contributed by atoms with Gasteiger partial charge in [-0.05, 0) is 55.5 Å². The molecule has 0 radical (unpaired) electrons. The van der Waals surface area contributed by atoms with Crippen LogP contribution in [0.15, 0.2) is 49.1 Å². The summed E-state index contributed by atoms with van der Waals surface area (Å²) in [6.07, 6.45) is 11.3. The van der Waals surface area contributed by atoms with E-state index in [-0.39, 0.29) is 12.4 Å². The highest BCUT2D eigenvalue weighted by Crippen LogP contribution is 2.39. The molecule has 0 bridgehead atoms. The Balaban J connectivity index is 0.00000180. The van der Waals surface area contributed by atoms with Crippen molar-refractivity contribution in [3.63, 3.8) is 0 Å². The lowest BCUT2D eigenvalue weighted by atomic mass is 9.78. The second kappa shape index (κ2) is 7.41. The Morgan fingerprint density at radius 2 is 1.74 bits per heavy atom. The largest absolute Gasteiger partial charge is 0.356 e. The molecule has 6 heteroatoms. The van der Waals surface area contributed by atoms with Gasteiger partial charge in [-0.15, -0.1) is 12.4 Å². The van der Waals surface area contributed by atoms with Crippen molar-refractivity contribution in [1.29, 1.82) is 0 Å². The van der Waals surface area contributed by atoms with Gasteiger partial charge in [0.25, 0.3) is 0 Å². The first-order chi connectivity index (χ1) is 12.8. The minimum Gasteiger partial charge on any atom is -0.356 e. The van der Waals surface area contributed by atoms with Crippen LogP contribution >= 0.6 is 12.4 Å². The van der Waals surface area contributed by atoms with Crippen molar-refractivity contribution < 1.29 is 0 Å². The number of piperidine rings is 1. The highest BCUT2D eigenvalue weighted by molar-refractivity contribution is 5.94. The fourth-order valence-electron chi connectivity index (χ4n) is 4.41. The summed E-state index contributed by atoms with van der Waals surface area (Å²) < 4.78 is 0. The monoisotopic (exact) mass is 381 g/mol. The standard InChI is InChI=1S/C21H23N5.ClH/c1-7-22-8-2-16(1)19-13-17-14-23-9-3-18(17)20(25-19)26-11-5-21(6-12-26)4-10-24-15-21;/h1-3,7-9,13-14,24H,4-6,10-12,15H2;1H. The minimum atomic E-state index is 0. The quantitative estimate of drug-likeness (QED) is 0.733. The van der Waals surface area contributed by atoms with Crippen LogP contribution in [0.3, 0.4) is 0 Å². The van der Waals surface area contributed by atoms with Gasteiger partial charge in [-0.1, -0.05) is 0 Å². The molecule has 5 heterocycles. The molecule has 3 aromatic heterocycles. The molecule has 140 valence electrons. The SMILES string of the molecule is Cl.c1cc(-c2cc3cnccc3c(N3CCC4(CCNC4)CC3)n2)ccn1. The molecule has 5 nitrogen and oxygen atoms in total. The zero-order valence-electron chi connectivity index (χ0n) is 15.3. The van der Waals surface area contributed by atoms with Gasteiger partial charge < -0.3 is 10.2 Å². The fourth-order valence-corrected chi connectivity index (χ4v) is 4.41. The average Bonchev–Trinajstić information content (AvgIpc) is 3.16. The van der Waals surface area contributed by atoms with Gasteiger partial charge in [0.1, 0.15) is 5.82 Å². The van der Waals surface area contributed by atoms with Crippen LogP contribution in [0.4, 0.5) is 5.82 Å². The molecule has 0 amide bonds. The summed E-state index contributed by atoms with van der Waals surface area (Å²) in [7, 11) is 0. The maximum Gasteiger partial charge on any atom is 0.137 e. The maximum absolute atomic E-state index is 5.06. The van der Waals surface area contributed by atoms with E-state index in [0.29, 0.717) is 5.41 Å². The molecule has 0 aliphatic carbocycles. The summed E-state index contributed by atoms with van der Waals surface area (Å²) >= 11 is 0. The molecule has 5 rings (SSSR count). The Hall–Kier alpha value is -2.24. The molecule has 1 N–H and O–H groups in total. The number of anilines is 1. The first kappa shape index (κ1) is 18.1. The number of halogens is 1. The van der Waals surface area contributed by atoms with E-state index in [0.717, 1.165) is 35.6 Å². The van der Waals surface area contributed by atoms with Crippen molar-refractivity contribution in [3.8, 4) is 11.3 Å². The first-order valence-electron chi connectivity index (χ1n) is 9.44. The van der Waals surface area contributed by atoms with Gasteiger partial charge in [-0.25, -0.2) is 4.98 Å². The third-order valence-corrected chi connectivity index (χ3v) is 6.04. The van der Waals surface area contributed by atoms with E-state index >= 15 is 0 Å². The van der Waals surface area contributed by atoms with Crippen LogP contribution in [0.1, 0.15) is 19.3 Å². The topological polar surface area (TPSA) is 53.9 Å². The summed E-state index contributed by atoms with van der Waals surface area (Å²) in [4.78, 5) is 16.0. The molecule has 0 unspecified atom stereocenters. The lowest BCUT2D eigenvalue weighted by Crippen LogP contribution is -2.41. The normalized spacial score (nSPS) is 18.6. The van der Waals surface area contributed by atoms with Crippen LogP contribution in [-0.2, 0) is 0 Å². The van der Waals surface area contributed by atoms with E-state index in [2.05, 4.69) is 32.3 Å². The van der Waals surface area contributed by atoms with Crippen LogP contribution in [-0.4, -0.2) is 41.1 Å².